The van der Waals surface area contributed by atoms with Crippen molar-refractivity contribution >= 4 is 56.6 Å². The van der Waals surface area contributed by atoms with Crippen molar-refractivity contribution < 1.29 is 19.1 Å². The van der Waals surface area contributed by atoms with E-state index in [2.05, 4.69) is 110 Å². The van der Waals surface area contributed by atoms with Crippen molar-refractivity contribution in [1.82, 2.24) is 64.6 Å². The first-order valence-electron chi connectivity index (χ1n) is 28.0. The molecule has 1 aliphatic carbocycles. The zero-order chi connectivity index (χ0) is 56.3. The van der Waals surface area contributed by atoms with Crippen molar-refractivity contribution in [3.05, 3.63) is 125 Å². The van der Waals surface area contributed by atoms with Gasteiger partial charge in [0, 0.05) is 126 Å². The molecule has 0 spiro atoms. The number of H-pyrrole nitrogens is 1. The number of carbonyl (C=O) groups excluding carboxylic acids is 2. The Hall–Kier alpha value is -6.67. The number of hydrogen-bond donors (Lipinski definition) is 2. The fraction of sp³-hybridized carbons (Fsp3) is 0.475. The Labute approximate surface area is 479 Å². The van der Waals surface area contributed by atoms with Crippen LogP contribution in [0.4, 0.5) is 9.59 Å². The molecule has 2 amide bonds. The van der Waals surface area contributed by atoms with Crippen LogP contribution in [0.1, 0.15) is 129 Å². The number of rotatable bonds is 7. The SMILES string of the molecule is CC(C)(C)OC(=O)N1CCCC(c2ccn[nH]2)C1.CCC1CCCCC1NC.Cn1nc(-c2ccncc2)c2cc(-n3ccc(C4CCCN(C(=O)OC(C)(C)C)C4)n3)ccc21.Cn1nc(-c2ccncc2)c2cc(I)ccc21. The number of benzene rings is 2. The maximum Gasteiger partial charge on any atom is 0.410 e. The molecule has 79 heavy (non-hydrogen) atoms. The number of halogens is 1. The summed E-state index contributed by atoms with van der Waals surface area (Å²) in [5.74, 6) is 1.49. The number of piperidine rings is 2. The maximum absolute atomic E-state index is 12.6. The summed E-state index contributed by atoms with van der Waals surface area (Å²) in [6, 6.07) is 25.4. The highest BCUT2D eigenvalue weighted by Gasteiger charge is 2.31. The molecule has 0 radical (unpaired) electrons. The van der Waals surface area contributed by atoms with Gasteiger partial charge in [-0.05, 0) is 188 Å². The van der Waals surface area contributed by atoms with Crippen molar-refractivity contribution in [1.29, 1.82) is 0 Å². The summed E-state index contributed by atoms with van der Waals surface area (Å²) in [5, 5.41) is 26.8. The van der Waals surface area contributed by atoms with Crippen LogP contribution in [0.5, 0.6) is 0 Å². The predicted octanol–water partition coefficient (Wildman–Crippen LogP) is 12.9. The van der Waals surface area contributed by atoms with Gasteiger partial charge in [0.1, 0.15) is 22.6 Å². The third-order valence-electron chi connectivity index (χ3n) is 14.8. The van der Waals surface area contributed by atoms with Crippen LogP contribution in [-0.4, -0.2) is 122 Å². The topological polar surface area (TPSA) is 179 Å². The summed E-state index contributed by atoms with van der Waals surface area (Å²) in [5.41, 5.74) is 8.43. The highest BCUT2D eigenvalue weighted by molar-refractivity contribution is 14.1. The second-order valence-corrected chi connectivity index (χ2v) is 24.1. The van der Waals surface area contributed by atoms with Crippen LogP contribution in [0.15, 0.2) is 110 Å². The Bertz CT molecular complexity index is 3200. The van der Waals surface area contributed by atoms with E-state index in [-0.39, 0.29) is 18.1 Å². The van der Waals surface area contributed by atoms with Gasteiger partial charge in [-0.2, -0.15) is 20.4 Å². The summed E-state index contributed by atoms with van der Waals surface area (Å²) >= 11 is 2.32. The van der Waals surface area contributed by atoms with Crippen LogP contribution in [0.2, 0.25) is 0 Å². The molecule has 17 nitrogen and oxygen atoms in total. The Kier molecular flexibility index (Phi) is 19.6. The number of hydrogen-bond acceptors (Lipinski definition) is 11. The number of likely N-dealkylation sites (tertiary alicyclic amines) is 2. The highest BCUT2D eigenvalue weighted by atomic mass is 127. The number of aryl methyl sites for hydroxylation is 2. The van der Waals surface area contributed by atoms with Crippen LogP contribution in [-0.2, 0) is 23.6 Å². The van der Waals surface area contributed by atoms with Gasteiger partial charge in [0.05, 0.1) is 22.4 Å². The zero-order valence-electron chi connectivity index (χ0n) is 47.8. The third-order valence-corrected chi connectivity index (χ3v) is 15.4. The van der Waals surface area contributed by atoms with Crippen LogP contribution in [0, 0.1) is 9.49 Å². The van der Waals surface area contributed by atoms with E-state index in [0.29, 0.717) is 19.0 Å². The first kappa shape index (κ1) is 58.5. The van der Waals surface area contributed by atoms with Gasteiger partial charge in [-0.1, -0.05) is 26.2 Å². The molecule has 1 saturated carbocycles. The molecule has 2 aromatic carbocycles. The van der Waals surface area contributed by atoms with Crippen LogP contribution in [0.25, 0.3) is 50.0 Å². The lowest BCUT2D eigenvalue weighted by atomic mass is 9.83. The van der Waals surface area contributed by atoms with Crippen LogP contribution >= 0.6 is 22.6 Å². The van der Waals surface area contributed by atoms with Crippen molar-refractivity contribution in [3.8, 4) is 28.2 Å². The molecule has 3 aliphatic rings. The second kappa shape index (κ2) is 26.5. The fourth-order valence-electron chi connectivity index (χ4n) is 10.8. The lowest BCUT2D eigenvalue weighted by Gasteiger charge is -2.33. The molecular formula is C61H80IN13O4. The second-order valence-electron chi connectivity index (χ2n) is 22.9. The number of pyridine rings is 2. The lowest BCUT2D eigenvalue weighted by molar-refractivity contribution is 0.0187. The first-order valence-corrected chi connectivity index (χ1v) is 29.0. The average molecular weight is 1190 g/mol. The van der Waals surface area contributed by atoms with Crippen molar-refractivity contribution in [2.75, 3.05) is 33.2 Å². The molecular weight excluding hydrogens is 1110 g/mol. The van der Waals surface area contributed by atoms with E-state index >= 15 is 0 Å². The van der Waals surface area contributed by atoms with Gasteiger partial charge >= 0.3 is 12.2 Å². The molecule has 4 atom stereocenters. The van der Waals surface area contributed by atoms with Crippen molar-refractivity contribution in [2.24, 2.45) is 20.0 Å². The number of fused-ring (bicyclic) bond motifs is 2. The minimum Gasteiger partial charge on any atom is -0.444 e. The van der Waals surface area contributed by atoms with E-state index in [1.807, 2.05) is 106 Å². The summed E-state index contributed by atoms with van der Waals surface area (Å²) in [6.07, 6.45) is 21.5. The van der Waals surface area contributed by atoms with E-state index in [1.54, 1.807) is 40.8 Å². The van der Waals surface area contributed by atoms with Gasteiger partial charge < -0.3 is 24.6 Å². The largest absolute Gasteiger partial charge is 0.444 e. The van der Waals surface area contributed by atoms with Crippen LogP contribution < -0.4 is 5.32 Å². The normalized spacial score (nSPS) is 18.6. The molecule has 6 aromatic heterocycles. The minimum absolute atomic E-state index is 0.192. The number of nitrogens with zero attached hydrogens (tertiary/aromatic N) is 11. The Morgan fingerprint density at radius 1 is 0.658 bits per heavy atom. The number of aromatic amines is 1. The Balaban J connectivity index is 0.000000154. The molecule has 420 valence electrons. The van der Waals surface area contributed by atoms with Gasteiger partial charge in [0.2, 0.25) is 0 Å². The number of carbonyl (C=O) groups is 2. The number of amides is 2. The molecule has 2 saturated heterocycles. The zero-order valence-corrected chi connectivity index (χ0v) is 50.0. The molecule has 8 heterocycles. The molecule has 11 rings (SSSR count). The molecule has 0 bridgehead atoms. The predicted molar refractivity (Wildman–Crippen MR) is 321 cm³/mol. The highest BCUT2D eigenvalue weighted by Crippen LogP contribution is 2.33. The van der Waals surface area contributed by atoms with Gasteiger partial charge in [-0.3, -0.25) is 24.4 Å². The third kappa shape index (κ3) is 15.6. The van der Waals surface area contributed by atoms with Gasteiger partial charge in [0.25, 0.3) is 0 Å². The summed E-state index contributed by atoms with van der Waals surface area (Å²) in [6.45, 7) is 16.5. The molecule has 2 N–H and O–H groups in total. The summed E-state index contributed by atoms with van der Waals surface area (Å²) < 4.78 is 17.9. The average Bonchev–Trinajstić information content (AvgIpc) is 4.48. The summed E-state index contributed by atoms with van der Waals surface area (Å²) in [7, 11) is 6.02. The van der Waals surface area contributed by atoms with E-state index in [4.69, 9.17) is 19.7 Å². The molecule has 8 aromatic rings. The van der Waals surface area contributed by atoms with E-state index < -0.39 is 11.2 Å². The minimum atomic E-state index is -0.494. The number of ether oxygens (including phenoxy) is 2. The van der Waals surface area contributed by atoms with E-state index in [0.717, 1.165) is 107 Å². The molecule has 3 fully saturated rings. The summed E-state index contributed by atoms with van der Waals surface area (Å²) in [4.78, 5) is 36.3. The molecule has 18 heteroatoms. The van der Waals surface area contributed by atoms with Crippen molar-refractivity contribution in [2.45, 2.75) is 135 Å². The smallest absolute Gasteiger partial charge is 0.410 e. The van der Waals surface area contributed by atoms with Gasteiger partial charge in [-0.15, -0.1) is 0 Å². The standard InChI is InChI=1S/C26H30N6O2.C13H10IN3.C13H21N3O2.C9H19N/c1-26(2,3)34-25(33)31-14-5-6-19(17-31)22-11-15-32(28-22)20-7-8-23-21(16-20)24(29-30(23)4)18-9-12-27-13-10-18;1-17-12-3-2-10(14)8-11(12)13(16-17)9-4-6-15-7-5-9;1-13(2,3)18-12(17)16-8-4-5-10(9-16)11-6-7-14-15-11;1-3-8-6-4-5-7-9(8)10-2/h7-13,15-16,19H,5-6,14,17H2,1-4H3;2-8H,1H3;6-7,10H,4-5,8-9H2,1-3H3,(H,14,15);8-10H,3-7H2,1-2H3. The maximum atomic E-state index is 12.6. The number of aromatic nitrogens is 10. The van der Waals surface area contributed by atoms with E-state index in [1.165, 1.54) is 41.1 Å². The molecule has 4 unspecified atom stereocenters. The lowest BCUT2D eigenvalue weighted by Crippen LogP contribution is -2.42. The van der Waals surface area contributed by atoms with E-state index in [9.17, 15) is 9.59 Å². The fourth-order valence-corrected chi connectivity index (χ4v) is 11.3. The first-order chi connectivity index (χ1) is 37.9. The quantitative estimate of drug-likeness (QED) is 0.145. The Morgan fingerprint density at radius 3 is 1.73 bits per heavy atom. The Morgan fingerprint density at radius 2 is 1.20 bits per heavy atom. The van der Waals surface area contributed by atoms with Crippen molar-refractivity contribution in [3.63, 3.8) is 0 Å². The van der Waals surface area contributed by atoms with Gasteiger partial charge in [-0.25, -0.2) is 14.3 Å². The number of nitrogens with one attached hydrogen (secondary N) is 2. The monoisotopic (exact) mass is 1190 g/mol. The molecule has 2 aliphatic heterocycles. The van der Waals surface area contributed by atoms with Crippen LogP contribution in [0.3, 0.4) is 0 Å². The van der Waals surface area contributed by atoms with Gasteiger partial charge in [0.15, 0.2) is 0 Å².